The molecule has 2 atom stereocenters. The highest BCUT2D eigenvalue weighted by atomic mass is 19.1. The van der Waals surface area contributed by atoms with Crippen LogP contribution in [0.1, 0.15) is 20.3 Å². The zero-order chi connectivity index (χ0) is 14.7. The first-order valence-corrected chi connectivity index (χ1v) is 6.66. The number of rotatable bonds is 5. The molecule has 0 aliphatic rings. The molecule has 0 fully saturated rings. The molecule has 1 aromatic heterocycles. The van der Waals surface area contributed by atoms with Gasteiger partial charge in [-0.25, -0.2) is 9.37 Å². The number of nitrogens with one attached hydrogen (secondary N) is 1. The lowest BCUT2D eigenvalue weighted by Gasteiger charge is -2.23. The summed E-state index contributed by atoms with van der Waals surface area (Å²) < 4.78 is 13.8. The van der Waals surface area contributed by atoms with E-state index < -0.39 is 5.82 Å². The van der Waals surface area contributed by atoms with Crippen LogP contribution in [0, 0.1) is 11.7 Å². The summed E-state index contributed by atoms with van der Waals surface area (Å²) in [6.07, 6.45) is 0.908. The predicted octanol–water partition coefficient (Wildman–Crippen LogP) is 2.17. The van der Waals surface area contributed by atoms with Crippen LogP contribution in [-0.4, -0.2) is 27.7 Å². The zero-order valence-corrected chi connectivity index (χ0v) is 11.6. The Labute approximate surface area is 117 Å². The van der Waals surface area contributed by atoms with E-state index in [9.17, 15) is 9.50 Å². The number of benzene rings is 1. The second-order valence-electron chi connectivity index (χ2n) is 4.89. The summed E-state index contributed by atoms with van der Waals surface area (Å²) in [5, 5.41) is 13.2. The van der Waals surface area contributed by atoms with Gasteiger partial charge in [0.2, 0.25) is 5.95 Å². The second-order valence-corrected chi connectivity index (χ2v) is 4.89. The molecule has 2 aromatic rings. The molecule has 0 radical (unpaired) electrons. The van der Waals surface area contributed by atoms with Crippen LogP contribution in [-0.2, 0) is 0 Å². The lowest BCUT2D eigenvalue weighted by Crippen LogP contribution is -2.31. The first kappa shape index (κ1) is 14.5. The van der Waals surface area contributed by atoms with Crippen molar-refractivity contribution in [1.82, 2.24) is 9.97 Å². The molecule has 5 nitrogen and oxygen atoms in total. The van der Waals surface area contributed by atoms with Gasteiger partial charge in [0.25, 0.3) is 0 Å². The first-order chi connectivity index (χ1) is 9.56. The summed E-state index contributed by atoms with van der Waals surface area (Å²) in [5.74, 6) is 0.265. The van der Waals surface area contributed by atoms with E-state index in [4.69, 9.17) is 5.73 Å². The third-order valence-electron chi connectivity index (χ3n) is 3.54. The molecule has 2 rings (SSSR count). The number of halogens is 1. The van der Waals surface area contributed by atoms with Crippen molar-refractivity contribution in [3.8, 4) is 0 Å². The van der Waals surface area contributed by atoms with Crippen molar-refractivity contribution in [3.05, 3.63) is 24.0 Å². The number of nitrogen functional groups attached to an aromatic ring is 1. The van der Waals surface area contributed by atoms with Gasteiger partial charge < -0.3 is 16.2 Å². The number of nitrogens with zero attached hydrogens (tertiary/aromatic N) is 2. The Kier molecular flexibility index (Phi) is 4.34. The highest BCUT2D eigenvalue weighted by molar-refractivity contribution is 5.90. The van der Waals surface area contributed by atoms with Gasteiger partial charge in [0.1, 0.15) is 17.2 Å². The van der Waals surface area contributed by atoms with Crippen molar-refractivity contribution >= 4 is 22.7 Å². The van der Waals surface area contributed by atoms with Crippen molar-refractivity contribution in [2.45, 2.75) is 26.3 Å². The van der Waals surface area contributed by atoms with Gasteiger partial charge in [0.05, 0.1) is 12.6 Å². The summed E-state index contributed by atoms with van der Waals surface area (Å²) in [7, 11) is 0. The van der Waals surface area contributed by atoms with E-state index in [1.807, 2.05) is 13.8 Å². The van der Waals surface area contributed by atoms with Gasteiger partial charge in [-0.05, 0) is 18.1 Å². The van der Waals surface area contributed by atoms with Gasteiger partial charge in [0, 0.05) is 5.39 Å². The minimum Gasteiger partial charge on any atom is -0.394 e. The molecule has 0 saturated carbocycles. The highest BCUT2D eigenvalue weighted by Crippen LogP contribution is 2.25. The molecular weight excluding hydrogens is 259 g/mol. The number of anilines is 2. The van der Waals surface area contributed by atoms with Crippen molar-refractivity contribution in [2.24, 2.45) is 5.92 Å². The minimum atomic E-state index is -0.441. The average molecular weight is 278 g/mol. The number of aliphatic hydroxyl groups is 1. The van der Waals surface area contributed by atoms with E-state index in [0.717, 1.165) is 6.42 Å². The third kappa shape index (κ3) is 2.80. The Morgan fingerprint density at radius 2 is 2.15 bits per heavy atom. The van der Waals surface area contributed by atoms with Crippen LogP contribution in [0.15, 0.2) is 18.2 Å². The van der Waals surface area contributed by atoms with E-state index >= 15 is 0 Å². The maximum atomic E-state index is 13.8. The van der Waals surface area contributed by atoms with Crippen LogP contribution >= 0.6 is 0 Å². The lowest BCUT2D eigenvalue weighted by molar-refractivity contribution is 0.241. The average Bonchev–Trinajstić information content (AvgIpc) is 2.44. The minimum absolute atomic E-state index is 0.00550. The van der Waals surface area contributed by atoms with E-state index in [-0.39, 0.29) is 30.0 Å². The van der Waals surface area contributed by atoms with E-state index in [0.29, 0.717) is 11.2 Å². The Bertz CT molecular complexity index is 605. The molecule has 0 aliphatic heterocycles. The van der Waals surface area contributed by atoms with Crippen LogP contribution in [0.5, 0.6) is 0 Å². The zero-order valence-electron chi connectivity index (χ0n) is 11.6. The predicted molar refractivity (Wildman–Crippen MR) is 77.9 cm³/mol. The van der Waals surface area contributed by atoms with Gasteiger partial charge in [-0.2, -0.15) is 4.98 Å². The summed E-state index contributed by atoms with van der Waals surface area (Å²) in [5.41, 5.74) is 5.81. The quantitative estimate of drug-likeness (QED) is 0.780. The maximum absolute atomic E-state index is 13.8. The number of fused-ring (bicyclic) bond motifs is 1. The van der Waals surface area contributed by atoms with Gasteiger partial charge in [-0.15, -0.1) is 0 Å². The standard InChI is InChI=1S/C14H19FN4O/c1-3-8(2)11(7-20)17-13-9-5-4-6-10(15)12(9)18-14(16)19-13/h4-6,8,11,20H,3,7H2,1-2H3,(H3,16,17,18,19). The van der Waals surface area contributed by atoms with E-state index in [2.05, 4.69) is 15.3 Å². The van der Waals surface area contributed by atoms with Gasteiger partial charge in [-0.3, -0.25) is 0 Å². The summed E-state index contributed by atoms with van der Waals surface area (Å²) in [6, 6.07) is 4.49. The number of para-hydroxylation sites is 1. The fourth-order valence-electron chi connectivity index (χ4n) is 2.07. The van der Waals surface area contributed by atoms with Gasteiger partial charge in [-0.1, -0.05) is 26.3 Å². The molecule has 1 aromatic carbocycles. The smallest absolute Gasteiger partial charge is 0.222 e. The van der Waals surface area contributed by atoms with Crippen LogP contribution in [0.4, 0.5) is 16.2 Å². The third-order valence-corrected chi connectivity index (χ3v) is 3.54. The van der Waals surface area contributed by atoms with Gasteiger partial charge >= 0.3 is 0 Å². The van der Waals surface area contributed by atoms with Crippen LogP contribution in [0.3, 0.4) is 0 Å². The molecule has 0 saturated heterocycles. The Hall–Kier alpha value is -1.95. The van der Waals surface area contributed by atoms with Crippen molar-refractivity contribution in [1.29, 1.82) is 0 Å². The molecule has 2 unspecified atom stereocenters. The van der Waals surface area contributed by atoms with Crippen LogP contribution < -0.4 is 11.1 Å². The molecule has 6 heteroatoms. The Morgan fingerprint density at radius 3 is 2.80 bits per heavy atom. The number of hydrogen-bond donors (Lipinski definition) is 3. The van der Waals surface area contributed by atoms with Crippen molar-refractivity contribution in [3.63, 3.8) is 0 Å². The second kappa shape index (κ2) is 6.00. The highest BCUT2D eigenvalue weighted by Gasteiger charge is 2.17. The number of aliphatic hydroxyl groups excluding tert-OH is 1. The normalized spacial score (nSPS) is 14.2. The Balaban J connectivity index is 2.46. The largest absolute Gasteiger partial charge is 0.394 e. The maximum Gasteiger partial charge on any atom is 0.222 e. The summed E-state index contributed by atoms with van der Waals surface area (Å²) >= 11 is 0. The fraction of sp³-hybridized carbons (Fsp3) is 0.429. The van der Waals surface area contributed by atoms with E-state index in [1.54, 1.807) is 12.1 Å². The van der Waals surface area contributed by atoms with Crippen LogP contribution in [0.25, 0.3) is 10.9 Å². The van der Waals surface area contributed by atoms with Crippen LogP contribution in [0.2, 0.25) is 0 Å². The van der Waals surface area contributed by atoms with Crippen molar-refractivity contribution in [2.75, 3.05) is 17.7 Å². The Morgan fingerprint density at radius 1 is 1.40 bits per heavy atom. The number of nitrogens with two attached hydrogens (primary N) is 1. The molecule has 0 amide bonds. The summed E-state index contributed by atoms with van der Waals surface area (Å²) in [4.78, 5) is 8.05. The van der Waals surface area contributed by atoms with Gasteiger partial charge in [0.15, 0.2) is 0 Å². The number of hydrogen-bond acceptors (Lipinski definition) is 5. The molecule has 20 heavy (non-hydrogen) atoms. The molecule has 0 spiro atoms. The topological polar surface area (TPSA) is 84.1 Å². The lowest BCUT2D eigenvalue weighted by atomic mass is 10.00. The SMILES string of the molecule is CCC(C)C(CO)Nc1nc(N)nc2c(F)cccc12. The molecular formula is C14H19FN4O. The molecule has 0 aliphatic carbocycles. The van der Waals surface area contributed by atoms with Crippen molar-refractivity contribution < 1.29 is 9.50 Å². The van der Waals surface area contributed by atoms with E-state index in [1.165, 1.54) is 6.07 Å². The molecule has 1 heterocycles. The fourth-order valence-corrected chi connectivity index (χ4v) is 2.07. The summed E-state index contributed by atoms with van der Waals surface area (Å²) in [6.45, 7) is 4.04. The molecule has 4 N–H and O–H groups in total. The molecule has 0 bridgehead atoms. The number of aromatic nitrogens is 2. The monoisotopic (exact) mass is 278 g/mol. The molecule has 108 valence electrons. The first-order valence-electron chi connectivity index (χ1n) is 6.66.